The third kappa shape index (κ3) is 2.88. The summed E-state index contributed by atoms with van der Waals surface area (Å²) in [6.07, 6.45) is 1.72. The molecule has 0 aliphatic rings. The Kier molecular flexibility index (Phi) is 3.50. The van der Waals surface area contributed by atoms with E-state index in [4.69, 9.17) is 4.74 Å². The second-order valence-corrected chi connectivity index (χ2v) is 4.74. The molecule has 3 heteroatoms. The molecule has 0 saturated heterocycles. The Hall–Kier alpha value is -2.55. The summed E-state index contributed by atoms with van der Waals surface area (Å²) in [5.74, 6) is 1.51. The molecule has 3 rings (SSSR count). The van der Waals surface area contributed by atoms with E-state index in [1.54, 1.807) is 6.20 Å². The van der Waals surface area contributed by atoms with Crippen molar-refractivity contribution in [2.24, 2.45) is 0 Å². The van der Waals surface area contributed by atoms with Crippen molar-refractivity contribution in [3.05, 3.63) is 71.9 Å². The van der Waals surface area contributed by atoms with Crippen LogP contribution in [-0.2, 0) is 6.61 Å². The van der Waals surface area contributed by atoms with Crippen LogP contribution in [0.15, 0.2) is 60.8 Å². The summed E-state index contributed by atoms with van der Waals surface area (Å²) < 4.78 is 5.70. The fraction of sp³-hybridized carbons (Fsp3) is 0.118. The lowest BCUT2D eigenvalue weighted by Gasteiger charge is -2.03. The quantitative estimate of drug-likeness (QED) is 0.774. The van der Waals surface area contributed by atoms with Gasteiger partial charge < -0.3 is 9.72 Å². The fourth-order valence-corrected chi connectivity index (χ4v) is 1.97. The van der Waals surface area contributed by atoms with E-state index in [-0.39, 0.29) is 0 Å². The van der Waals surface area contributed by atoms with Gasteiger partial charge >= 0.3 is 0 Å². The molecule has 0 spiro atoms. The maximum atomic E-state index is 5.70. The number of nitrogens with one attached hydrogen (secondary N) is 1. The third-order valence-electron chi connectivity index (χ3n) is 3.11. The van der Waals surface area contributed by atoms with Crippen LogP contribution in [-0.4, -0.2) is 9.97 Å². The summed E-state index contributed by atoms with van der Waals surface area (Å²) in [5.41, 5.74) is 3.44. The molecule has 2 aromatic carbocycles. The molecule has 0 aliphatic carbocycles. The molecule has 0 atom stereocenters. The molecule has 0 fully saturated rings. The number of aryl methyl sites for hydroxylation is 1. The lowest BCUT2D eigenvalue weighted by Crippen LogP contribution is -1.94. The maximum Gasteiger partial charge on any atom is 0.211 e. The monoisotopic (exact) mass is 264 g/mol. The first kappa shape index (κ1) is 12.5. The lowest BCUT2D eigenvalue weighted by atomic mass is 10.1. The highest BCUT2D eigenvalue weighted by Gasteiger charge is 2.04. The van der Waals surface area contributed by atoms with Crippen molar-refractivity contribution in [1.29, 1.82) is 0 Å². The fourth-order valence-electron chi connectivity index (χ4n) is 1.97. The second kappa shape index (κ2) is 5.61. The number of aromatic amines is 1. The van der Waals surface area contributed by atoms with Gasteiger partial charge in [0.25, 0.3) is 0 Å². The topological polar surface area (TPSA) is 37.9 Å². The highest BCUT2D eigenvalue weighted by molar-refractivity contribution is 5.56. The minimum Gasteiger partial charge on any atom is -0.473 e. The number of hydrogen-bond acceptors (Lipinski definition) is 2. The van der Waals surface area contributed by atoms with Crippen molar-refractivity contribution in [3.63, 3.8) is 0 Å². The zero-order valence-corrected chi connectivity index (χ0v) is 11.3. The molecule has 0 aliphatic heterocycles. The molecule has 100 valence electrons. The number of nitrogens with zero attached hydrogens (tertiary/aromatic N) is 1. The van der Waals surface area contributed by atoms with E-state index in [9.17, 15) is 0 Å². The van der Waals surface area contributed by atoms with E-state index in [2.05, 4.69) is 41.2 Å². The van der Waals surface area contributed by atoms with Gasteiger partial charge in [-0.05, 0) is 12.5 Å². The number of imidazole rings is 1. The van der Waals surface area contributed by atoms with E-state index in [0.717, 1.165) is 17.0 Å². The Labute approximate surface area is 118 Å². The molecule has 0 radical (unpaired) electrons. The summed E-state index contributed by atoms with van der Waals surface area (Å²) >= 11 is 0. The van der Waals surface area contributed by atoms with Gasteiger partial charge in [0.1, 0.15) is 12.4 Å². The predicted octanol–water partition coefficient (Wildman–Crippen LogP) is 3.96. The van der Waals surface area contributed by atoms with Gasteiger partial charge in [-0.25, -0.2) is 4.98 Å². The van der Waals surface area contributed by atoms with Gasteiger partial charge in [0, 0.05) is 5.56 Å². The minimum atomic E-state index is 0.538. The minimum absolute atomic E-state index is 0.538. The Morgan fingerprint density at radius 1 is 1.00 bits per heavy atom. The number of benzene rings is 2. The molecular weight excluding hydrogens is 248 g/mol. The molecule has 3 aromatic rings. The van der Waals surface area contributed by atoms with Crippen LogP contribution in [0.2, 0.25) is 0 Å². The standard InChI is InChI=1S/C17H16N2O/c1-13-7-9-15(10-8-13)17-18-11-16(19-17)20-12-14-5-3-2-4-6-14/h2-11H,12H2,1H3,(H,18,19). The highest BCUT2D eigenvalue weighted by atomic mass is 16.5. The van der Waals surface area contributed by atoms with Crippen molar-refractivity contribution in [1.82, 2.24) is 9.97 Å². The van der Waals surface area contributed by atoms with Crippen LogP contribution < -0.4 is 4.74 Å². The molecular formula is C17H16N2O. The Morgan fingerprint density at radius 3 is 2.50 bits per heavy atom. The average molecular weight is 264 g/mol. The van der Waals surface area contributed by atoms with Crippen LogP contribution in [0.4, 0.5) is 0 Å². The van der Waals surface area contributed by atoms with Crippen molar-refractivity contribution >= 4 is 0 Å². The van der Waals surface area contributed by atoms with E-state index in [0.29, 0.717) is 12.5 Å². The van der Waals surface area contributed by atoms with Crippen LogP contribution in [0.3, 0.4) is 0 Å². The number of ether oxygens (including phenoxy) is 1. The van der Waals surface area contributed by atoms with Gasteiger partial charge in [0.15, 0.2) is 0 Å². The molecule has 1 aromatic heterocycles. The van der Waals surface area contributed by atoms with Gasteiger partial charge in [-0.1, -0.05) is 60.2 Å². The van der Waals surface area contributed by atoms with E-state index < -0.39 is 0 Å². The highest BCUT2D eigenvalue weighted by Crippen LogP contribution is 2.19. The van der Waals surface area contributed by atoms with Gasteiger partial charge in [-0.15, -0.1) is 0 Å². The van der Waals surface area contributed by atoms with Gasteiger partial charge in [0.2, 0.25) is 5.88 Å². The van der Waals surface area contributed by atoms with Crippen LogP contribution >= 0.6 is 0 Å². The Bertz CT molecular complexity index is 672. The molecule has 0 amide bonds. The van der Waals surface area contributed by atoms with Crippen LogP contribution in [0.25, 0.3) is 11.4 Å². The average Bonchev–Trinajstić information content (AvgIpc) is 2.96. The number of H-pyrrole nitrogens is 1. The van der Waals surface area contributed by atoms with Gasteiger partial charge in [0.05, 0.1) is 6.20 Å². The Balaban J connectivity index is 1.69. The zero-order chi connectivity index (χ0) is 13.8. The SMILES string of the molecule is Cc1ccc(-c2ncc(OCc3ccccc3)[nH]2)cc1. The van der Waals surface area contributed by atoms with Crippen molar-refractivity contribution < 1.29 is 4.74 Å². The third-order valence-corrected chi connectivity index (χ3v) is 3.11. The van der Waals surface area contributed by atoms with Gasteiger partial charge in [-0.3, -0.25) is 0 Å². The van der Waals surface area contributed by atoms with Crippen LogP contribution in [0, 0.1) is 6.92 Å². The smallest absolute Gasteiger partial charge is 0.211 e. The first-order valence-corrected chi connectivity index (χ1v) is 6.60. The molecule has 3 nitrogen and oxygen atoms in total. The van der Waals surface area contributed by atoms with Crippen LogP contribution in [0.5, 0.6) is 5.88 Å². The molecule has 0 bridgehead atoms. The maximum absolute atomic E-state index is 5.70. The summed E-state index contributed by atoms with van der Waals surface area (Å²) in [4.78, 5) is 7.53. The van der Waals surface area contributed by atoms with Crippen molar-refractivity contribution in [3.8, 4) is 17.3 Å². The van der Waals surface area contributed by atoms with Crippen LogP contribution in [0.1, 0.15) is 11.1 Å². The normalized spacial score (nSPS) is 10.4. The lowest BCUT2D eigenvalue weighted by molar-refractivity contribution is 0.295. The first-order chi connectivity index (χ1) is 9.81. The zero-order valence-electron chi connectivity index (χ0n) is 11.3. The van der Waals surface area contributed by atoms with E-state index >= 15 is 0 Å². The summed E-state index contributed by atoms with van der Waals surface area (Å²) in [6.45, 7) is 2.61. The molecule has 1 heterocycles. The van der Waals surface area contributed by atoms with Crippen molar-refractivity contribution in [2.45, 2.75) is 13.5 Å². The van der Waals surface area contributed by atoms with E-state index in [1.165, 1.54) is 5.56 Å². The predicted molar refractivity (Wildman–Crippen MR) is 79.5 cm³/mol. The second-order valence-electron chi connectivity index (χ2n) is 4.74. The number of hydrogen-bond donors (Lipinski definition) is 1. The molecule has 0 saturated carbocycles. The molecule has 1 N–H and O–H groups in total. The summed E-state index contributed by atoms with van der Waals surface area (Å²) in [5, 5.41) is 0. The Morgan fingerprint density at radius 2 is 1.75 bits per heavy atom. The number of aromatic nitrogens is 2. The largest absolute Gasteiger partial charge is 0.473 e. The molecule has 0 unspecified atom stereocenters. The van der Waals surface area contributed by atoms with Gasteiger partial charge in [-0.2, -0.15) is 0 Å². The van der Waals surface area contributed by atoms with Crippen molar-refractivity contribution in [2.75, 3.05) is 0 Å². The first-order valence-electron chi connectivity index (χ1n) is 6.60. The number of rotatable bonds is 4. The summed E-state index contributed by atoms with van der Waals surface area (Å²) in [7, 11) is 0. The molecule has 20 heavy (non-hydrogen) atoms. The van der Waals surface area contributed by atoms with E-state index in [1.807, 2.05) is 30.3 Å². The summed E-state index contributed by atoms with van der Waals surface area (Å²) in [6, 6.07) is 18.3.